The molecule has 0 bridgehead atoms. The summed E-state index contributed by atoms with van der Waals surface area (Å²) in [6.45, 7) is 9.04. The van der Waals surface area contributed by atoms with Gasteiger partial charge in [-0.3, -0.25) is 4.79 Å². The maximum Gasteiger partial charge on any atom is 0.219 e. The standard InChI is InChI=1S/C11H14OS/c1-4-7-9-10(8-5-2)11(12)13-6-3/h4-5,7-9H,1-2,6H2,3H3/b9-7-,10-8+. The van der Waals surface area contributed by atoms with Gasteiger partial charge in [0.05, 0.1) is 0 Å². The average Bonchev–Trinajstić information content (AvgIpc) is 2.12. The molecule has 0 aromatic heterocycles. The summed E-state index contributed by atoms with van der Waals surface area (Å²) < 4.78 is 0. The molecule has 0 atom stereocenters. The quantitative estimate of drug-likeness (QED) is 0.494. The van der Waals surface area contributed by atoms with Crippen LogP contribution in [0, 0.1) is 0 Å². The van der Waals surface area contributed by atoms with Gasteiger partial charge in [-0.05, 0) is 5.75 Å². The number of thioether (sulfide) groups is 1. The Balaban J connectivity index is 4.50. The van der Waals surface area contributed by atoms with E-state index in [2.05, 4.69) is 13.2 Å². The van der Waals surface area contributed by atoms with Crippen molar-refractivity contribution in [3.05, 3.63) is 49.1 Å². The van der Waals surface area contributed by atoms with E-state index >= 15 is 0 Å². The van der Waals surface area contributed by atoms with Crippen LogP contribution in [0.5, 0.6) is 0 Å². The van der Waals surface area contributed by atoms with Gasteiger partial charge < -0.3 is 0 Å². The summed E-state index contributed by atoms with van der Waals surface area (Å²) in [5.74, 6) is 0.787. The summed E-state index contributed by atoms with van der Waals surface area (Å²) in [6.07, 6.45) is 8.42. The number of carbonyl (C=O) groups is 1. The Morgan fingerprint density at radius 2 is 2.08 bits per heavy atom. The van der Waals surface area contributed by atoms with Crippen molar-refractivity contribution in [3.8, 4) is 0 Å². The van der Waals surface area contributed by atoms with Crippen LogP contribution in [0.15, 0.2) is 49.1 Å². The van der Waals surface area contributed by atoms with Crippen molar-refractivity contribution >= 4 is 16.9 Å². The highest BCUT2D eigenvalue weighted by atomic mass is 32.2. The van der Waals surface area contributed by atoms with Gasteiger partial charge in [0.15, 0.2) is 0 Å². The van der Waals surface area contributed by atoms with Crippen molar-refractivity contribution in [2.24, 2.45) is 0 Å². The Kier molecular flexibility index (Phi) is 7.02. The molecular formula is C11H14OS. The molecule has 0 N–H and O–H groups in total. The number of hydrogen-bond donors (Lipinski definition) is 0. The molecule has 13 heavy (non-hydrogen) atoms. The topological polar surface area (TPSA) is 17.1 Å². The maximum absolute atomic E-state index is 11.4. The summed E-state index contributed by atoms with van der Waals surface area (Å²) >= 11 is 1.29. The van der Waals surface area contributed by atoms with E-state index in [1.807, 2.05) is 6.92 Å². The van der Waals surface area contributed by atoms with Crippen molar-refractivity contribution < 1.29 is 4.79 Å². The minimum Gasteiger partial charge on any atom is -0.282 e. The van der Waals surface area contributed by atoms with E-state index < -0.39 is 0 Å². The van der Waals surface area contributed by atoms with Gasteiger partial charge in [-0.25, -0.2) is 0 Å². The molecule has 0 aromatic carbocycles. The number of allylic oxidation sites excluding steroid dienone is 5. The van der Waals surface area contributed by atoms with E-state index in [1.165, 1.54) is 11.8 Å². The molecule has 0 aliphatic rings. The molecule has 0 radical (unpaired) electrons. The zero-order valence-electron chi connectivity index (χ0n) is 7.82. The minimum absolute atomic E-state index is 0.0699. The summed E-state index contributed by atoms with van der Waals surface area (Å²) in [4.78, 5) is 11.4. The van der Waals surface area contributed by atoms with Crippen molar-refractivity contribution in [1.29, 1.82) is 0 Å². The number of carbonyl (C=O) groups excluding carboxylic acids is 1. The van der Waals surface area contributed by atoms with Gasteiger partial charge in [0.2, 0.25) is 5.12 Å². The molecule has 1 nitrogen and oxygen atoms in total. The molecule has 0 spiro atoms. The van der Waals surface area contributed by atoms with Gasteiger partial charge in [-0.2, -0.15) is 0 Å². The maximum atomic E-state index is 11.4. The lowest BCUT2D eigenvalue weighted by Crippen LogP contribution is -1.94. The SMILES string of the molecule is C=C/C=C\C(=C/C=C)C(=O)SCC. The van der Waals surface area contributed by atoms with Crippen molar-refractivity contribution in [1.82, 2.24) is 0 Å². The fraction of sp³-hybridized carbons (Fsp3) is 0.182. The highest BCUT2D eigenvalue weighted by Crippen LogP contribution is 2.11. The molecule has 0 rings (SSSR count). The molecule has 2 heteroatoms. The molecule has 0 heterocycles. The molecule has 0 amide bonds. The van der Waals surface area contributed by atoms with Crippen LogP contribution in [0.4, 0.5) is 0 Å². The Morgan fingerprint density at radius 1 is 1.38 bits per heavy atom. The van der Waals surface area contributed by atoms with Crippen LogP contribution in [0.1, 0.15) is 6.92 Å². The zero-order valence-corrected chi connectivity index (χ0v) is 8.64. The van der Waals surface area contributed by atoms with Crippen molar-refractivity contribution in [2.75, 3.05) is 5.75 Å². The molecule has 0 saturated carbocycles. The lowest BCUT2D eigenvalue weighted by molar-refractivity contribution is -0.107. The van der Waals surface area contributed by atoms with Gasteiger partial charge >= 0.3 is 0 Å². The van der Waals surface area contributed by atoms with Gasteiger partial charge in [-0.1, -0.05) is 62.2 Å². The molecule has 0 saturated heterocycles. The molecule has 0 aliphatic heterocycles. The Morgan fingerprint density at radius 3 is 2.54 bits per heavy atom. The van der Waals surface area contributed by atoms with E-state index in [9.17, 15) is 4.79 Å². The average molecular weight is 194 g/mol. The molecule has 0 aromatic rings. The van der Waals surface area contributed by atoms with E-state index in [1.54, 1.807) is 30.4 Å². The van der Waals surface area contributed by atoms with Gasteiger partial charge in [-0.15, -0.1) is 0 Å². The highest BCUT2D eigenvalue weighted by molar-refractivity contribution is 8.14. The summed E-state index contributed by atoms with van der Waals surface area (Å²) in [5.41, 5.74) is 0.654. The molecule has 0 fully saturated rings. The lowest BCUT2D eigenvalue weighted by atomic mass is 10.2. The van der Waals surface area contributed by atoms with Crippen molar-refractivity contribution in [3.63, 3.8) is 0 Å². The summed E-state index contributed by atoms with van der Waals surface area (Å²) in [6, 6.07) is 0. The van der Waals surface area contributed by atoms with Gasteiger partial charge in [0, 0.05) is 5.57 Å². The fourth-order valence-corrected chi connectivity index (χ4v) is 1.27. The fourth-order valence-electron chi connectivity index (χ4n) is 0.705. The van der Waals surface area contributed by atoms with Crippen LogP contribution < -0.4 is 0 Å². The predicted molar refractivity (Wildman–Crippen MR) is 60.8 cm³/mol. The highest BCUT2D eigenvalue weighted by Gasteiger charge is 2.03. The third-order valence-electron chi connectivity index (χ3n) is 1.22. The summed E-state index contributed by atoms with van der Waals surface area (Å²) in [7, 11) is 0. The van der Waals surface area contributed by atoms with Gasteiger partial charge in [0.25, 0.3) is 0 Å². The Labute approximate surface area is 83.9 Å². The second-order valence-electron chi connectivity index (χ2n) is 2.17. The predicted octanol–water partition coefficient (Wildman–Crippen LogP) is 3.12. The first-order chi connectivity index (χ1) is 6.26. The van der Waals surface area contributed by atoms with Crippen LogP contribution >= 0.6 is 11.8 Å². The van der Waals surface area contributed by atoms with Crippen LogP contribution in [-0.2, 0) is 4.79 Å². The monoisotopic (exact) mass is 194 g/mol. The number of hydrogen-bond acceptors (Lipinski definition) is 2. The van der Waals surface area contributed by atoms with E-state index in [-0.39, 0.29) is 5.12 Å². The lowest BCUT2D eigenvalue weighted by Gasteiger charge is -1.96. The smallest absolute Gasteiger partial charge is 0.219 e. The molecular weight excluding hydrogens is 180 g/mol. The largest absolute Gasteiger partial charge is 0.282 e. The van der Waals surface area contributed by atoms with E-state index in [0.717, 1.165) is 5.75 Å². The Hall–Kier alpha value is -1.02. The van der Waals surface area contributed by atoms with E-state index in [0.29, 0.717) is 5.57 Å². The van der Waals surface area contributed by atoms with Gasteiger partial charge in [0.1, 0.15) is 0 Å². The van der Waals surface area contributed by atoms with Crippen molar-refractivity contribution in [2.45, 2.75) is 6.92 Å². The third kappa shape index (κ3) is 5.26. The first-order valence-electron chi connectivity index (χ1n) is 4.05. The normalized spacial score (nSPS) is 11.6. The van der Waals surface area contributed by atoms with E-state index in [4.69, 9.17) is 0 Å². The summed E-state index contributed by atoms with van der Waals surface area (Å²) in [5, 5.41) is 0.0699. The first-order valence-corrected chi connectivity index (χ1v) is 5.03. The third-order valence-corrected chi connectivity index (χ3v) is 2.01. The molecule has 70 valence electrons. The second kappa shape index (κ2) is 7.62. The first kappa shape index (κ1) is 12.0. The number of rotatable bonds is 5. The van der Waals surface area contributed by atoms with Crippen LogP contribution in [-0.4, -0.2) is 10.9 Å². The zero-order chi connectivity index (χ0) is 10.1. The van der Waals surface area contributed by atoms with Crippen LogP contribution in [0.2, 0.25) is 0 Å². The molecule has 0 aliphatic carbocycles. The Bertz CT molecular complexity index is 249. The second-order valence-corrected chi connectivity index (χ2v) is 3.41. The minimum atomic E-state index is 0.0699. The van der Waals surface area contributed by atoms with Crippen LogP contribution in [0.3, 0.4) is 0 Å². The molecule has 0 unspecified atom stereocenters. The van der Waals surface area contributed by atoms with Crippen LogP contribution in [0.25, 0.3) is 0 Å².